The minimum absolute atomic E-state index is 0.0388. The summed E-state index contributed by atoms with van der Waals surface area (Å²) in [5.74, 6) is -0.472. The van der Waals surface area contributed by atoms with Crippen LogP contribution in [0.2, 0.25) is 5.02 Å². The Hall–Kier alpha value is -2.38. The molecule has 2 rings (SSSR count). The summed E-state index contributed by atoms with van der Waals surface area (Å²) in [6.45, 7) is 0. The first-order chi connectivity index (χ1) is 12.0. The summed E-state index contributed by atoms with van der Waals surface area (Å²) in [4.78, 5) is 23.9. The number of aromatic carboxylic acids is 1. The zero-order chi connectivity index (χ0) is 18.4. The van der Waals surface area contributed by atoms with E-state index in [-0.39, 0.29) is 17.2 Å². The van der Waals surface area contributed by atoms with Crippen molar-refractivity contribution in [2.75, 3.05) is 25.3 Å². The van der Waals surface area contributed by atoms with Crippen LogP contribution in [0.5, 0.6) is 11.5 Å². The molecule has 0 unspecified atom stereocenters. The van der Waals surface area contributed by atoms with Crippen molar-refractivity contribution < 1.29 is 24.2 Å². The average Bonchev–Trinajstić information content (AvgIpc) is 2.60. The number of carboxylic acid groups (broad SMARTS) is 1. The van der Waals surface area contributed by atoms with Gasteiger partial charge in [0, 0.05) is 11.0 Å². The molecule has 6 nitrogen and oxygen atoms in total. The van der Waals surface area contributed by atoms with Crippen molar-refractivity contribution in [3.63, 3.8) is 0 Å². The van der Waals surface area contributed by atoms with Crippen LogP contribution in [0, 0.1) is 0 Å². The Bertz CT molecular complexity index is 797. The molecule has 2 aromatic carbocycles. The van der Waals surface area contributed by atoms with Gasteiger partial charge in [-0.2, -0.15) is 0 Å². The third-order valence-corrected chi connectivity index (χ3v) is 4.59. The van der Waals surface area contributed by atoms with Gasteiger partial charge in [-0.3, -0.25) is 4.79 Å². The van der Waals surface area contributed by atoms with E-state index in [1.54, 1.807) is 24.3 Å². The fourth-order valence-corrected chi connectivity index (χ4v) is 3.14. The Balaban J connectivity index is 2.09. The summed E-state index contributed by atoms with van der Waals surface area (Å²) in [5.41, 5.74) is 0.566. The molecule has 0 radical (unpaired) electrons. The third kappa shape index (κ3) is 4.80. The highest BCUT2D eigenvalue weighted by molar-refractivity contribution is 8.00. The summed E-state index contributed by atoms with van der Waals surface area (Å²) >= 11 is 7.20. The number of ether oxygens (including phenoxy) is 2. The second-order valence-electron chi connectivity index (χ2n) is 4.83. The summed E-state index contributed by atoms with van der Waals surface area (Å²) in [5, 5.41) is 12.2. The lowest BCUT2D eigenvalue weighted by atomic mass is 10.2. The number of hydrogen-bond acceptors (Lipinski definition) is 5. The van der Waals surface area contributed by atoms with Crippen LogP contribution in [-0.2, 0) is 4.79 Å². The molecule has 25 heavy (non-hydrogen) atoms. The highest BCUT2D eigenvalue weighted by Crippen LogP contribution is 2.36. The number of methoxy groups -OCH3 is 2. The molecule has 0 atom stereocenters. The number of benzene rings is 2. The molecule has 1 amide bonds. The number of amides is 1. The standard InChI is InChI=1S/C17H16ClNO5S/c1-23-13-8-14(24-2)12(7-11(13)18)19-16(20)9-25-15-6-4-3-5-10(15)17(21)22/h3-8H,9H2,1-2H3,(H,19,20)(H,21,22). The molecular formula is C17H16ClNO5S. The predicted octanol–water partition coefficient (Wildman–Crippen LogP) is 3.79. The molecule has 0 heterocycles. The van der Waals surface area contributed by atoms with Gasteiger partial charge in [-0.15, -0.1) is 11.8 Å². The summed E-state index contributed by atoms with van der Waals surface area (Å²) in [6.07, 6.45) is 0. The first-order valence-corrected chi connectivity index (χ1v) is 8.49. The Morgan fingerprint density at radius 1 is 1.16 bits per heavy atom. The van der Waals surface area contributed by atoms with E-state index in [2.05, 4.69) is 5.32 Å². The van der Waals surface area contributed by atoms with Crippen LogP contribution < -0.4 is 14.8 Å². The Morgan fingerprint density at radius 2 is 1.84 bits per heavy atom. The highest BCUT2D eigenvalue weighted by Gasteiger charge is 2.14. The predicted molar refractivity (Wildman–Crippen MR) is 97.3 cm³/mol. The topological polar surface area (TPSA) is 84.9 Å². The Kier molecular flexibility index (Phi) is 6.55. The summed E-state index contributed by atoms with van der Waals surface area (Å²) < 4.78 is 10.3. The van der Waals surface area contributed by atoms with Crippen molar-refractivity contribution in [2.24, 2.45) is 0 Å². The average molecular weight is 382 g/mol. The molecular weight excluding hydrogens is 366 g/mol. The lowest BCUT2D eigenvalue weighted by Crippen LogP contribution is -2.15. The van der Waals surface area contributed by atoms with Crippen LogP contribution >= 0.6 is 23.4 Å². The summed E-state index contributed by atoms with van der Waals surface area (Å²) in [7, 11) is 2.95. The van der Waals surface area contributed by atoms with E-state index >= 15 is 0 Å². The van der Waals surface area contributed by atoms with Gasteiger partial charge in [-0.05, 0) is 18.2 Å². The van der Waals surface area contributed by atoms with Crippen LogP contribution in [0.4, 0.5) is 5.69 Å². The van der Waals surface area contributed by atoms with Crippen LogP contribution in [0.3, 0.4) is 0 Å². The quantitative estimate of drug-likeness (QED) is 0.710. The van der Waals surface area contributed by atoms with Crippen LogP contribution in [0.25, 0.3) is 0 Å². The van der Waals surface area contributed by atoms with E-state index in [0.29, 0.717) is 27.1 Å². The molecule has 0 aliphatic rings. The minimum Gasteiger partial charge on any atom is -0.495 e. The van der Waals surface area contributed by atoms with Gasteiger partial charge in [-0.25, -0.2) is 4.79 Å². The zero-order valence-corrected chi connectivity index (χ0v) is 15.1. The van der Waals surface area contributed by atoms with Gasteiger partial charge in [-0.1, -0.05) is 23.7 Å². The van der Waals surface area contributed by atoms with Gasteiger partial charge in [0.2, 0.25) is 5.91 Å². The van der Waals surface area contributed by atoms with Crippen molar-refractivity contribution in [1.82, 2.24) is 0 Å². The lowest BCUT2D eigenvalue weighted by molar-refractivity contribution is -0.113. The molecule has 2 N–H and O–H groups in total. The van der Waals surface area contributed by atoms with Crippen molar-refractivity contribution >= 4 is 40.9 Å². The third-order valence-electron chi connectivity index (χ3n) is 3.22. The van der Waals surface area contributed by atoms with E-state index in [0.717, 1.165) is 11.8 Å². The maximum Gasteiger partial charge on any atom is 0.336 e. The molecule has 8 heteroatoms. The number of rotatable bonds is 7. The fraction of sp³-hybridized carbons (Fsp3) is 0.176. The maximum absolute atomic E-state index is 12.2. The number of anilines is 1. The molecule has 0 saturated heterocycles. The number of halogens is 1. The number of carboxylic acids is 1. The van der Waals surface area contributed by atoms with Crippen LogP contribution in [-0.4, -0.2) is 37.0 Å². The number of carbonyl (C=O) groups excluding carboxylic acids is 1. The van der Waals surface area contributed by atoms with Gasteiger partial charge in [0.15, 0.2) is 0 Å². The van der Waals surface area contributed by atoms with E-state index in [9.17, 15) is 9.59 Å². The smallest absolute Gasteiger partial charge is 0.336 e. The van der Waals surface area contributed by atoms with Gasteiger partial charge in [0.25, 0.3) is 0 Å². The fourth-order valence-electron chi connectivity index (χ4n) is 2.06. The number of thioether (sulfide) groups is 1. The van der Waals surface area contributed by atoms with Gasteiger partial charge in [0.1, 0.15) is 11.5 Å². The second-order valence-corrected chi connectivity index (χ2v) is 6.25. The normalized spacial score (nSPS) is 10.2. The first kappa shape index (κ1) is 19.0. The largest absolute Gasteiger partial charge is 0.495 e. The molecule has 0 fully saturated rings. The monoisotopic (exact) mass is 381 g/mol. The molecule has 0 bridgehead atoms. The zero-order valence-electron chi connectivity index (χ0n) is 13.5. The molecule has 132 valence electrons. The van der Waals surface area contributed by atoms with Crippen molar-refractivity contribution in [2.45, 2.75) is 4.90 Å². The van der Waals surface area contributed by atoms with Crippen molar-refractivity contribution in [3.8, 4) is 11.5 Å². The van der Waals surface area contributed by atoms with Crippen LogP contribution in [0.1, 0.15) is 10.4 Å². The van der Waals surface area contributed by atoms with Gasteiger partial charge < -0.3 is 19.9 Å². The molecule has 0 spiro atoms. The van der Waals surface area contributed by atoms with Gasteiger partial charge in [0.05, 0.1) is 36.2 Å². The van der Waals surface area contributed by atoms with E-state index in [1.165, 1.54) is 26.4 Å². The second kappa shape index (κ2) is 8.64. The van der Waals surface area contributed by atoms with E-state index < -0.39 is 5.97 Å². The van der Waals surface area contributed by atoms with E-state index in [4.69, 9.17) is 26.2 Å². The number of nitrogens with one attached hydrogen (secondary N) is 1. The number of carbonyl (C=O) groups is 2. The number of hydrogen-bond donors (Lipinski definition) is 2. The Morgan fingerprint density at radius 3 is 2.48 bits per heavy atom. The summed E-state index contributed by atoms with van der Waals surface area (Å²) in [6, 6.07) is 9.62. The molecule has 0 saturated carbocycles. The molecule has 2 aromatic rings. The van der Waals surface area contributed by atoms with Crippen LogP contribution in [0.15, 0.2) is 41.3 Å². The molecule has 0 aromatic heterocycles. The highest BCUT2D eigenvalue weighted by atomic mass is 35.5. The van der Waals surface area contributed by atoms with Crippen molar-refractivity contribution in [3.05, 3.63) is 47.0 Å². The minimum atomic E-state index is -1.04. The molecule has 0 aliphatic carbocycles. The van der Waals surface area contributed by atoms with Gasteiger partial charge >= 0.3 is 5.97 Å². The van der Waals surface area contributed by atoms with Crippen molar-refractivity contribution in [1.29, 1.82) is 0 Å². The Labute approximate surface area is 154 Å². The maximum atomic E-state index is 12.2. The first-order valence-electron chi connectivity index (χ1n) is 7.12. The van der Waals surface area contributed by atoms with E-state index in [1.807, 2.05) is 0 Å². The SMILES string of the molecule is COc1cc(OC)c(NC(=O)CSc2ccccc2C(=O)O)cc1Cl. The molecule has 0 aliphatic heterocycles. The lowest BCUT2D eigenvalue weighted by Gasteiger charge is -2.13.